The van der Waals surface area contributed by atoms with Gasteiger partial charge in [-0.1, -0.05) is 35.8 Å². The van der Waals surface area contributed by atoms with Crippen LogP contribution in [0, 0.1) is 11.7 Å². The quantitative estimate of drug-likeness (QED) is 0.840. The Kier molecular flexibility index (Phi) is 5.94. The Morgan fingerprint density at radius 3 is 2.47 bits per heavy atom. The predicted octanol–water partition coefficient (Wildman–Crippen LogP) is 3.44. The summed E-state index contributed by atoms with van der Waals surface area (Å²) in [6.07, 6.45) is 0. The summed E-state index contributed by atoms with van der Waals surface area (Å²) in [7, 11) is 1.37. The number of benzene rings is 1. The molecule has 0 aliphatic carbocycles. The summed E-state index contributed by atoms with van der Waals surface area (Å²) in [6, 6.07) is 4.03. The molecule has 1 unspecified atom stereocenters. The van der Waals surface area contributed by atoms with E-state index in [0.717, 1.165) is 5.56 Å². The molecule has 1 aromatic rings. The lowest BCUT2D eigenvalue weighted by atomic mass is 10.0. The molecule has 0 saturated heterocycles. The van der Waals surface area contributed by atoms with Crippen molar-refractivity contribution in [3.63, 3.8) is 0 Å². The molecule has 19 heavy (non-hydrogen) atoms. The van der Waals surface area contributed by atoms with E-state index in [1.807, 2.05) is 20.8 Å². The fourth-order valence-electron chi connectivity index (χ4n) is 1.87. The molecule has 106 valence electrons. The number of hydrogen-bond donors (Lipinski definition) is 1. The van der Waals surface area contributed by atoms with Crippen LogP contribution in [-0.4, -0.2) is 19.1 Å². The summed E-state index contributed by atoms with van der Waals surface area (Å²) < 4.78 is 18.5. The van der Waals surface area contributed by atoms with E-state index in [2.05, 4.69) is 21.2 Å². The number of hydrogen-bond acceptors (Lipinski definition) is 3. The van der Waals surface area contributed by atoms with Gasteiger partial charge in [0.1, 0.15) is 11.9 Å². The molecule has 0 amide bonds. The van der Waals surface area contributed by atoms with Crippen LogP contribution in [0.15, 0.2) is 22.7 Å². The van der Waals surface area contributed by atoms with Crippen molar-refractivity contribution in [2.24, 2.45) is 5.92 Å². The number of rotatable bonds is 5. The summed E-state index contributed by atoms with van der Waals surface area (Å²) in [6.45, 7) is 5.82. The minimum atomic E-state index is -0.392. The second-order valence-electron chi connectivity index (χ2n) is 4.80. The van der Waals surface area contributed by atoms with E-state index in [4.69, 9.17) is 4.74 Å². The number of methoxy groups -OCH3 is 1. The lowest BCUT2D eigenvalue weighted by molar-refractivity contribution is -0.144. The van der Waals surface area contributed by atoms with Gasteiger partial charge in [0.05, 0.1) is 7.11 Å². The van der Waals surface area contributed by atoms with Gasteiger partial charge in [-0.05, 0) is 30.5 Å². The molecule has 0 aromatic heterocycles. The minimum absolute atomic E-state index is 0.0959. The van der Waals surface area contributed by atoms with Crippen molar-refractivity contribution in [1.29, 1.82) is 0 Å². The summed E-state index contributed by atoms with van der Waals surface area (Å²) >= 11 is 3.33. The number of carbonyl (C=O) groups is 1. The molecule has 0 spiro atoms. The summed E-state index contributed by atoms with van der Waals surface area (Å²) in [5.41, 5.74) is 0.899. The summed E-state index contributed by atoms with van der Waals surface area (Å²) in [5, 5.41) is 3.22. The van der Waals surface area contributed by atoms with Crippen LogP contribution in [0.25, 0.3) is 0 Å². The van der Waals surface area contributed by atoms with Gasteiger partial charge in [-0.25, -0.2) is 4.39 Å². The van der Waals surface area contributed by atoms with E-state index in [0.29, 0.717) is 4.47 Å². The van der Waals surface area contributed by atoms with Crippen LogP contribution in [0.5, 0.6) is 0 Å². The Bertz CT molecular complexity index is 451. The van der Waals surface area contributed by atoms with Gasteiger partial charge in [0.25, 0.3) is 0 Å². The number of nitrogens with one attached hydrogen (secondary N) is 1. The molecule has 1 N–H and O–H groups in total. The SMILES string of the molecule is COC(=O)[C@@H](NC(C)c1ccc(F)cc1Br)C(C)C. The van der Waals surface area contributed by atoms with Crippen molar-refractivity contribution >= 4 is 21.9 Å². The molecule has 5 heteroatoms. The highest BCUT2D eigenvalue weighted by Crippen LogP contribution is 2.25. The zero-order valence-corrected chi connectivity index (χ0v) is 13.1. The van der Waals surface area contributed by atoms with Crippen molar-refractivity contribution in [3.8, 4) is 0 Å². The molecule has 1 rings (SSSR count). The van der Waals surface area contributed by atoms with Crippen LogP contribution in [0.3, 0.4) is 0 Å². The fourth-order valence-corrected chi connectivity index (χ4v) is 2.57. The molecule has 0 heterocycles. The van der Waals surface area contributed by atoms with E-state index >= 15 is 0 Å². The molecule has 0 aliphatic heterocycles. The van der Waals surface area contributed by atoms with Crippen molar-refractivity contribution in [1.82, 2.24) is 5.32 Å². The van der Waals surface area contributed by atoms with E-state index in [9.17, 15) is 9.18 Å². The van der Waals surface area contributed by atoms with Gasteiger partial charge in [0.2, 0.25) is 0 Å². The van der Waals surface area contributed by atoms with Gasteiger partial charge in [-0.15, -0.1) is 0 Å². The standard InChI is InChI=1S/C14H19BrFNO2/c1-8(2)13(14(18)19-4)17-9(3)11-6-5-10(16)7-12(11)15/h5-9,13,17H,1-4H3/t9?,13-/m0/s1. The van der Waals surface area contributed by atoms with Crippen molar-refractivity contribution in [2.45, 2.75) is 32.9 Å². The zero-order chi connectivity index (χ0) is 14.6. The Morgan fingerprint density at radius 1 is 1.37 bits per heavy atom. The molecule has 3 nitrogen and oxygen atoms in total. The molecule has 1 aromatic carbocycles. The Labute approximate surface area is 121 Å². The van der Waals surface area contributed by atoms with Crippen LogP contribution in [0.4, 0.5) is 4.39 Å². The smallest absolute Gasteiger partial charge is 0.323 e. The number of esters is 1. The molecule has 0 fully saturated rings. The van der Waals surface area contributed by atoms with Crippen molar-refractivity contribution < 1.29 is 13.9 Å². The highest BCUT2D eigenvalue weighted by Gasteiger charge is 2.25. The van der Waals surface area contributed by atoms with Gasteiger partial charge < -0.3 is 4.74 Å². The highest BCUT2D eigenvalue weighted by molar-refractivity contribution is 9.10. The number of carbonyl (C=O) groups excluding carboxylic acids is 1. The lowest BCUT2D eigenvalue weighted by Crippen LogP contribution is -2.43. The Hall–Kier alpha value is -0.940. The summed E-state index contributed by atoms with van der Waals surface area (Å²) in [4.78, 5) is 11.7. The molecular weight excluding hydrogens is 313 g/mol. The monoisotopic (exact) mass is 331 g/mol. The van der Waals surface area contributed by atoms with Crippen LogP contribution >= 0.6 is 15.9 Å². The largest absolute Gasteiger partial charge is 0.468 e. The zero-order valence-electron chi connectivity index (χ0n) is 11.5. The van der Waals surface area contributed by atoms with Crippen LogP contribution in [-0.2, 0) is 9.53 Å². The molecule has 2 atom stereocenters. The maximum Gasteiger partial charge on any atom is 0.323 e. The van der Waals surface area contributed by atoms with Gasteiger partial charge in [0, 0.05) is 10.5 Å². The van der Waals surface area contributed by atoms with E-state index in [-0.39, 0.29) is 23.7 Å². The van der Waals surface area contributed by atoms with E-state index < -0.39 is 6.04 Å². The van der Waals surface area contributed by atoms with Gasteiger partial charge in [0.15, 0.2) is 0 Å². The van der Waals surface area contributed by atoms with Crippen molar-refractivity contribution in [3.05, 3.63) is 34.1 Å². The van der Waals surface area contributed by atoms with Crippen LogP contribution in [0.2, 0.25) is 0 Å². The second kappa shape index (κ2) is 7.01. The van der Waals surface area contributed by atoms with E-state index in [1.165, 1.54) is 19.2 Å². The number of ether oxygens (including phenoxy) is 1. The lowest BCUT2D eigenvalue weighted by Gasteiger charge is -2.25. The molecule has 0 aliphatic rings. The minimum Gasteiger partial charge on any atom is -0.468 e. The van der Waals surface area contributed by atoms with E-state index in [1.54, 1.807) is 6.07 Å². The first-order valence-electron chi connectivity index (χ1n) is 6.15. The fraction of sp³-hybridized carbons (Fsp3) is 0.500. The first-order chi connectivity index (χ1) is 8.86. The van der Waals surface area contributed by atoms with Gasteiger partial charge >= 0.3 is 5.97 Å². The molecular formula is C14H19BrFNO2. The van der Waals surface area contributed by atoms with Crippen molar-refractivity contribution in [2.75, 3.05) is 7.11 Å². The van der Waals surface area contributed by atoms with Gasteiger partial charge in [-0.2, -0.15) is 0 Å². The van der Waals surface area contributed by atoms with Crippen LogP contribution in [0.1, 0.15) is 32.4 Å². The van der Waals surface area contributed by atoms with Crippen LogP contribution < -0.4 is 5.32 Å². The third kappa shape index (κ3) is 4.28. The normalized spacial score (nSPS) is 14.3. The second-order valence-corrected chi connectivity index (χ2v) is 5.65. The Balaban J connectivity index is 2.87. The Morgan fingerprint density at radius 2 is 2.00 bits per heavy atom. The first kappa shape index (κ1) is 16.1. The molecule has 0 bridgehead atoms. The molecule has 0 saturated carbocycles. The topological polar surface area (TPSA) is 38.3 Å². The highest BCUT2D eigenvalue weighted by atomic mass is 79.9. The third-order valence-electron chi connectivity index (χ3n) is 2.98. The summed E-state index contributed by atoms with van der Waals surface area (Å²) in [5.74, 6) is -0.481. The van der Waals surface area contributed by atoms with Gasteiger partial charge in [-0.3, -0.25) is 10.1 Å². The maximum atomic E-state index is 13.1. The first-order valence-corrected chi connectivity index (χ1v) is 6.95. The average Bonchev–Trinajstić information content (AvgIpc) is 2.34. The maximum absolute atomic E-state index is 13.1. The third-order valence-corrected chi connectivity index (χ3v) is 3.67. The average molecular weight is 332 g/mol. The predicted molar refractivity (Wildman–Crippen MR) is 76.3 cm³/mol. The number of halogens is 2. The molecule has 0 radical (unpaired) electrons.